The molecule has 1 heterocycles. The smallest absolute Gasteiger partial charge is 0.332 e. The molecule has 0 aromatic rings. The highest BCUT2D eigenvalue weighted by Gasteiger charge is 2.40. The van der Waals surface area contributed by atoms with Gasteiger partial charge in [0.2, 0.25) is 0 Å². The van der Waals surface area contributed by atoms with Crippen LogP contribution in [0.3, 0.4) is 0 Å². The molecule has 1 amide bonds. The Morgan fingerprint density at radius 1 is 1.22 bits per heavy atom. The zero-order valence-corrected chi connectivity index (χ0v) is 10.8. The van der Waals surface area contributed by atoms with Crippen molar-refractivity contribution in [3.63, 3.8) is 0 Å². The molecule has 1 saturated heterocycles. The number of carbonyl (C=O) groups is 2. The van der Waals surface area contributed by atoms with Crippen LogP contribution < -0.4 is 0 Å². The standard InChI is InChI=1S/C13H21NO4/c1-2-3-8-14(9-4-5-9)12(15)10-6-7-11(18-10)13(16)17/h9-11H,2-8H2,1H3,(H,16,17)/t10-,11+/m0/s1. The van der Waals surface area contributed by atoms with Gasteiger partial charge in [0.05, 0.1) is 0 Å². The second-order valence-corrected chi connectivity index (χ2v) is 5.15. The van der Waals surface area contributed by atoms with E-state index in [2.05, 4.69) is 6.92 Å². The van der Waals surface area contributed by atoms with Crippen molar-refractivity contribution >= 4 is 11.9 Å². The molecule has 1 aliphatic heterocycles. The van der Waals surface area contributed by atoms with Gasteiger partial charge in [-0.3, -0.25) is 4.79 Å². The molecule has 5 nitrogen and oxygen atoms in total. The van der Waals surface area contributed by atoms with Crippen LogP contribution in [0.1, 0.15) is 45.4 Å². The maximum atomic E-state index is 12.3. The van der Waals surface area contributed by atoms with E-state index in [1.165, 1.54) is 0 Å². The summed E-state index contributed by atoms with van der Waals surface area (Å²) in [4.78, 5) is 25.0. The molecule has 1 saturated carbocycles. The van der Waals surface area contributed by atoms with Crippen LogP contribution in [0.2, 0.25) is 0 Å². The maximum Gasteiger partial charge on any atom is 0.332 e. The predicted molar refractivity (Wildman–Crippen MR) is 65.2 cm³/mol. The number of nitrogens with zero attached hydrogens (tertiary/aromatic N) is 1. The summed E-state index contributed by atoms with van der Waals surface area (Å²) in [5.74, 6) is -0.966. The van der Waals surface area contributed by atoms with Gasteiger partial charge in [-0.1, -0.05) is 13.3 Å². The summed E-state index contributed by atoms with van der Waals surface area (Å²) in [6.07, 6.45) is 3.84. The molecule has 18 heavy (non-hydrogen) atoms. The van der Waals surface area contributed by atoms with E-state index in [4.69, 9.17) is 9.84 Å². The first-order chi connectivity index (χ1) is 8.63. The number of ether oxygens (including phenoxy) is 1. The Bertz CT molecular complexity index is 327. The van der Waals surface area contributed by atoms with Crippen LogP contribution in [0, 0.1) is 0 Å². The maximum absolute atomic E-state index is 12.3. The summed E-state index contributed by atoms with van der Waals surface area (Å²) in [5.41, 5.74) is 0. The minimum atomic E-state index is -0.961. The van der Waals surface area contributed by atoms with Crippen LogP contribution in [0.5, 0.6) is 0 Å². The quantitative estimate of drug-likeness (QED) is 0.779. The largest absolute Gasteiger partial charge is 0.479 e. The first-order valence-corrected chi connectivity index (χ1v) is 6.82. The Morgan fingerprint density at radius 3 is 2.39 bits per heavy atom. The van der Waals surface area contributed by atoms with E-state index in [0.717, 1.165) is 32.2 Å². The van der Waals surface area contributed by atoms with Crippen molar-refractivity contribution < 1.29 is 19.4 Å². The Morgan fingerprint density at radius 2 is 1.89 bits per heavy atom. The molecule has 5 heteroatoms. The van der Waals surface area contributed by atoms with Crippen molar-refractivity contribution in [1.82, 2.24) is 4.90 Å². The van der Waals surface area contributed by atoms with E-state index in [-0.39, 0.29) is 5.91 Å². The molecule has 0 radical (unpaired) electrons. The highest BCUT2D eigenvalue weighted by Crippen LogP contribution is 2.30. The number of amides is 1. The lowest BCUT2D eigenvalue weighted by Crippen LogP contribution is -2.41. The number of hydrogen-bond acceptors (Lipinski definition) is 3. The monoisotopic (exact) mass is 255 g/mol. The Kier molecular flexibility index (Phi) is 4.22. The highest BCUT2D eigenvalue weighted by atomic mass is 16.5. The van der Waals surface area contributed by atoms with Gasteiger partial charge in [-0.05, 0) is 32.1 Å². The van der Waals surface area contributed by atoms with Crippen LogP contribution in [0.25, 0.3) is 0 Å². The molecule has 1 aliphatic carbocycles. The van der Waals surface area contributed by atoms with Gasteiger partial charge in [0, 0.05) is 12.6 Å². The lowest BCUT2D eigenvalue weighted by atomic mass is 10.1. The average Bonchev–Trinajstić information content (AvgIpc) is 3.05. The number of hydrogen-bond donors (Lipinski definition) is 1. The van der Waals surface area contributed by atoms with E-state index in [9.17, 15) is 9.59 Å². The summed E-state index contributed by atoms with van der Waals surface area (Å²) < 4.78 is 5.33. The zero-order valence-electron chi connectivity index (χ0n) is 10.8. The molecule has 0 unspecified atom stereocenters. The number of carbonyl (C=O) groups excluding carboxylic acids is 1. The Labute approximate surface area is 107 Å². The van der Waals surface area contributed by atoms with Gasteiger partial charge in [0.15, 0.2) is 6.10 Å². The summed E-state index contributed by atoms with van der Waals surface area (Å²) in [7, 11) is 0. The van der Waals surface area contributed by atoms with Crippen molar-refractivity contribution in [2.24, 2.45) is 0 Å². The SMILES string of the molecule is CCCCN(C(=O)[C@@H]1CC[C@H](C(=O)O)O1)C1CC1. The highest BCUT2D eigenvalue weighted by molar-refractivity contribution is 5.83. The number of rotatable bonds is 6. The van der Waals surface area contributed by atoms with Gasteiger partial charge in [0.25, 0.3) is 5.91 Å². The first kappa shape index (κ1) is 13.3. The van der Waals surface area contributed by atoms with Crippen molar-refractivity contribution in [2.75, 3.05) is 6.54 Å². The Balaban J connectivity index is 1.90. The van der Waals surface area contributed by atoms with Crippen LogP contribution in [-0.4, -0.2) is 46.7 Å². The third-order valence-electron chi connectivity index (χ3n) is 3.59. The lowest BCUT2D eigenvalue weighted by molar-refractivity contribution is -0.155. The first-order valence-electron chi connectivity index (χ1n) is 6.82. The van der Waals surface area contributed by atoms with Gasteiger partial charge < -0.3 is 14.7 Å². The molecule has 2 rings (SSSR count). The third-order valence-corrected chi connectivity index (χ3v) is 3.59. The summed E-state index contributed by atoms with van der Waals surface area (Å²) >= 11 is 0. The van der Waals surface area contributed by atoms with Crippen molar-refractivity contribution in [3.05, 3.63) is 0 Å². The van der Waals surface area contributed by atoms with E-state index >= 15 is 0 Å². The second-order valence-electron chi connectivity index (χ2n) is 5.15. The predicted octanol–water partition coefficient (Wildman–Crippen LogP) is 1.41. The van der Waals surface area contributed by atoms with Crippen molar-refractivity contribution in [3.8, 4) is 0 Å². The molecule has 0 spiro atoms. The molecule has 2 aliphatic rings. The second kappa shape index (κ2) is 5.69. The topological polar surface area (TPSA) is 66.8 Å². The fourth-order valence-corrected chi connectivity index (χ4v) is 2.37. The molecule has 2 fully saturated rings. The van der Waals surface area contributed by atoms with E-state index < -0.39 is 18.2 Å². The molecule has 0 aromatic carbocycles. The van der Waals surface area contributed by atoms with Gasteiger partial charge >= 0.3 is 5.97 Å². The molecule has 1 N–H and O–H groups in total. The van der Waals surface area contributed by atoms with Gasteiger partial charge in [-0.2, -0.15) is 0 Å². The summed E-state index contributed by atoms with van der Waals surface area (Å²) in [6, 6.07) is 0.372. The number of aliphatic carboxylic acids is 1. The fraction of sp³-hybridized carbons (Fsp3) is 0.846. The van der Waals surface area contributed by atoms with Gasteiger partial charge in [-0.25, -0.2) is 4.79 Å². The number of carboxylic acids is 1. The minimum Gasteiger partial charge on any atom is -0.479 e. The van der Waals surface area contributed by atoms with Gasteiger partial charge in [-0.15, -0.1) is 0 Å². The van der Waals surface area contributed by atoms with Crippen LogP contribution >= 0.6 is 0 Å². The molecule has 102 valence electrons. The normalized spacial score (nSPS) is 27.2. The average molecular weight is 255 g/mol. The minimum absolute atomic E-state index is 0.00491. The molecule has 0 bridgehead atoms. The third kappa shape index (κ3) is 3.02. The molecule has 0 aromatic heterocycles. The molecular weight excluding hydrogens is 234 g/mol. The van der Waals surface area contributed by atoms with E-state index in [1.807, 2.05) is 4.90 Å². The van der Waals surface area contributed by atoms with E-state index in [0.29, 0.717) is 18.9 Å². The fourth-order valence-electron chi connectivity index (χ4n) is 2.37. The Hall–Kier alpha value is -1.10. The van der Waals surface area contributed by atoms with Gasteiger partial charge in [0.1, 0.15) is 6.10 Å². The molecule has 2 atom stereocenters. The number of carboxylic acid groups (broad SMARTS) is 1. The zero-order chi connectivity index (χ0) is 13.1. The van der Waals surface area contributed by atoms with Crippen molar-refractivity contribution in [1.29, 1.82) is 0 Å². The summed E-state index contributed by atoms with van der Waals surface area (Å²) in [6.45, 7) is 2.87. The van der Waals surface area contributed by atoms with Crippen molar-refractivity contribution in [2.45, 2.75) is 63.7 Å². The van der Waals surface area contributed by atoms with E-state index in [1.54, 1.807) is 0 Å². The summed E-state index contributed by atoms with van der Waals surface area (Å²) in [5, 5.41) is 8.86. The molecular formula is C13H21NO4. The van der Waals surface area contributed by atoms with Crippen LogP contribution in [-0.2, 0) is 14.3 Å². The van der Waals surface area contributed by atoms with Crippen LogP contribution in [0.15, 0.2) is 0 Å². The lowest BCUT2D eigenvalue weighted by Gasteiger charge is -2.25. The number of unbranched alkanes of at least 4 members (excludes halogenated alkanes) is 1. The van der Waals surface area contributed by atoms with Crippen LogP contribution in [0.4, 0.5) is 0 Å².